The summed E-state index contributed by atoms with van der Waals surface area (Å²) in [6.45, 7) is 6.65. The van der Waals surface area contributed by atoms with E-state index in [4.69, 9.17) is 19.9 Å². The van der Waals surface area contributed by atoms with Crippen LogP contribution in [-0.2, 0) is 32.8 Å². The van der Waals surface area contributed by atoms with Crippen LogP contribution in [0.4, 0.5) is 0 Å². The van der Waals surface area contributed by atoms with Gasteiger partial charge in [0.1, 0.15) is 35.2 Å². The Morgan fingerprint density at radius 2 is 1.77 bits per heavy atom. The Bertz CT molecular complexity index is 2010. The maximum Gasteiger partial charge on any atom is 0.255 e. The van der Waals surface area contributed by atoms with Crippen LogP contribution in [0.5, 0.6) is 17.2 Å². The summed E-state index contributed by atoms with van der Waals surface area (Å²) in [7, 11) is 2.98. The number of aliphatic hydroxyl groups excluding tert-OH is 1. The highest BCUT2D eigenvalue weighted by molar-refractivity contribution is 6.23. The van der Waals surface area contributed by atoms with Gasteiger partial charge in [-0.1, -0.05) is 55.8 Å². The number of aliphatic hydroxyl groups is 2. The molecule has 0 bridgehead atoms. The highest BCUT2D eigenvalue weighted by atomic mass is 16.5. The first-order valence-corrected chi connectivity index (χ1v) is 16.1. The smallest absolute Gasteiger partial charge is 0.255 e. The summed E-state index contributed by atoms with van der Waals surface area (Å²) in [5.74, 6) is -5.21. The van der Waals surface area contributed by atoms with Crippen molar-refractivity contribution in [2.45, 2.75) is 70.2 Å². The maximum absolute atomic E-state index is 14.6. The van der Waals surface area contributed by atoms with E-state index in [1.165, 1.54) is 7.11 Å². The number of benzene rings is 3. The van der Waals surface area contributed by atoms with Gasteiger partial charge in [0.15, 0.2) is 11.4 Å². The van der Waals surface area contributed by atoms with Crippen LogP contribution in [0, 0.1) is 11.3 Å². The lowest BCUT2D eigenvalue weighted by molar-refractivity contribution is -0.131. The Hall–Kier alpha value is -4.67. The van der Waals surface area contributed by atoms with Crippen LogP contribution >= 0.6 is 0 Å². The van der Waals surface area contributed by atoms with E-state index in [0.29, 0.717) is 28.7 Å². The number of hydrogen-bond acceptors (Lipinski definition) is 9. The van der Waals surface area contributed by atoms with Crippen LogP contribution < -0.4 is 15.2 Å². The Labute approximate surface area is 277 Å². The number of carbonyl (C=O) groups is 3. The number of allylic oxidation sites excluding steroid dienone is 2. The lowest BCUT2D eigenvalue weighted by Crippen LogP contribution is -2.58. The lowest BCUT2D eigenvalue weighted by atomic mass is 9.54. The lowest BCUT2D eigenvalue weighted by Gasteiger charge is -2.50. The molecule has 0 radical (unpaired) electrons. The first kappa shape index (κ1) is 31.9. The molecule has 0 fully saturated rings. The third-order valence-electron chi connectivity index (χ3n) is 11.5. The van der Waals surface area contributed by atoms with Crippen molar-refractivity contribution in [1.29, 1.82) is 0 Å². The van der Waals surface area contributed by atoms with Crippen LogP contribution in [-0.4, -0.2) is 52.6 Å². The fourth-order valence-corrected chi connectivity index (χ4v) is 9.19. The molecule has 4 aliphatic rings. The molecular weight excluding hydrogens is 614 g/mol. The molecule has 10 nitrogen and oxygen atoms in total. The van der Waals surface area contributed by atoms with Gasteiger partial charge in [-0.25, -0.2) is 0 Å². The van der Waals surface area contributed by atoms with Crippen molar-refractivity contribution in [3.8, 4) is 17.2 Å². The van der Waals surface area contributed by atoms with E-state index < -0.39 is 64.0 Å². The fraction of sp³-hybridized carbons (Fsp3) is 0.395. The molecule has 0 aliphatic heterocycles. The summed E-state index contributed by atoms with van der Waals surface area (Å²) >= 11 is 0. The van der Waals surface area contributed by atoms with Crippen molar-refractivity contribution >= 4 is 28.2 Å². The molecule has 0 saturated carbocycles. The Morgan fingerprint density at radius 1 is 1.06 bits per heavy atom. The van der Waals surface area contributed by atoms with E-state index in [1.54, 1.807) is 13.2 Å². The summed E-state index contributed by atoms with van der Waals surface area (Å²) in [5.41, 5.74) is 4.53. The average molecular weight is 654 g/mol. The van der Waals surface area contributed by atoms with Crippen molar-refractivity contribution < 1.29 is 43.9 Å². The van der Waals surface area contributed by atoms with Gasteiger partial charge in [-0.05, 0) is 48.3 Å². The van der Waals surface area contributed by atoms with Crippen LogP contribution in [0.3, 0.4) is 0 Å². The van der Waals surface area contributed by atoms with Crippen molar-refractivity contribution in [3.63, 3.8) is 0 Å². The number of ether oxygens (including phenoxy) is 3. The van der Waals surface area contributed by atoms with Gasteiger partial charge in [0.25, 0.3) is 5.91 Å². The van der Waals surface area contributed by atoms with Gasteiger partial charge in [-0.15, -0.1) is 0 Å². The fourth-order valence-electron chi connectivity index (χ4n) is 9.19. The van der Waals surface area contributed by atoms with Crippen molar-refractivity contribution in [1.82, 2.24) is 0 Å². The summed E-state index contributed by atoms with van der Waals surface area (Å²) in [5, 5.41) is 36.6. The molecule has 5 N–H and O–H groups in total. The van der Waals surface area contributed by atoms with Gasteiger partial charge in [-0.3, -0.25) is 14.4 Å². The van der Waals surface area contributed by atoms with Crippen LogP contribution in [0.2, 0.25) is 0 Å². The number of methoxy groups -OCH3 is 2. The van der Waals surface area contributed by atoms with Crippen molar-refractivity contribution in [2.75, 3.05) is 14.2 Å². The van der Waals surface area contributed by atoms with Gasteiger partial charge in [-0.2, -0.15) is 0 Å². The standard InChI is InChI=1S/C38H39NO9/c1-18-10-9-13-36(2,3)37(18)16-20-25-28(23(15-24(46-4)30(25)37)48-17-19-11-7-6-8-12-19)31(41)29-26(20)32(47-5)21-14-22(40)27(35(39)44)33(42)38(21,45)34(29)43/h6-8,10-12,15,21,32,41-42,45H,9,13-14,16-17H2,1-5H3,(H2,39,44)/t21-,32+,37+,38-/m1/s1. The van der Waals surface area contributed by atoms with Gasteiger partial charge in [0.05, 0.1) is 24.2 Å². The largest absolute Gasteiger partial charge is 0.508 e. The second-order valence-corrected chi connectivity index (χ2v) is 14.1. The number of fused-ring (bicyclic) bond motifs is 4. The molecule has 4 aliphatic carbocycles. The van der Waals surface area contributed by atoms with E-state index in [0.717, 1.165) is 29.5 Å². The van der Waals surface area contributed by atoms with Gasteiger partial charge < -0.3 is 35.3 Å². The van der Waals surface area contributed by atoms with E-state index >= 15 is 0 Å². The number of hydrogen-bond donors (Lipinski definition) is 4. The van der Waals surface area contributed by atoms with Crippen LogP contribution in [0.15, 0.2) is 59.4 Å². The molecule has 4 atom stereocenters. The zero-order valence-corrected chi connectivity index (χ0v) is 27.6. The molecule has 1 spiro atoms. The normalized spacial score (nSPS) is 27.2. The second-order valence-electron chi connectivity index (χ2n) is 14.1. The number of rotatable bonds is 6. The quantitative estimate of drug-likeness (QED) is 0.207. The number of amides is 1. The predicted octanol–water partition coefficient (Wildman–Crippen LogP) is 5.19. The van der Waals surface area contributed by atoms with E-state index in [1.807, 2.05) is 30.3 Å². The number of aromatic hydroxyl groups is 1. The molecule has 48 heavy (non-hydrogen) atoms. The number of primary amides is 1. The zero-order valence-electron chi connectivity index (χ0n) is 27.6. The summed E-state index contributed by atoms with van der Waals surface area (Å²) < 4.78 is 18.5. The third-order valence-corrected chi connectivity index (χ3v) is 11.5. The third kappa shape index (κ3) is 3.90. The summed E-state index contributed by atoms with van der Waals surface area (Å²) in [4.78, 5) is 40.1. The predicted molar refractivity (Wildman–Crippen MR) is 176 cm³/mol. The van der Waals surface area contributed by atoms with Crippen LogP contribution in [0.25, 0.3) is 10.8 Å². The number of Topliss-reactive ketones (excluding diaryl/α,β-unsaturated/α-hetero) is 2. The monoisotopic (exact) mass is 653 g/mol. The molecule has 3 aromatic carbocycles. The van der Waals surface area contributed by atoms with Gasteiger partial charge in [0, 0.05) is 41.9 Å². The van der Waals surface area contributed by atoms with Crippen LogP contribution in [0.1, 0.15) is 78.7 Å². The minimum atomic E-state index is -2.76. The molecule has 250 valence electrons. The second kappa shape index (κ2) is 10.7. The first-order valence-electron chi connectivity index (χ1n) is 16.1. The summed E-state index contributed by atoms with van der Waals surface area (Å²) in [6.07, 6.45) is 2.76. The molecule has 0 heterocycles. The molecule has 7 rings (SSSR count). The molecule has 0 aromatic heterocycles. The van der Waals surface area contributed by atoms with Gasteiger partial charge >= 0.3 is 0 Å². The van der Waals surface area contributed by atoms with E-state index in [2.05, 4.69) is 26.8 Å². The van der Waals surface area contributed by atoms with Gasteiger partial charge in [0.2, 0.25) is 5.78 Å². The average Bonchev–Trinajstić information content (AvgIpc) is 3.41. The molecule has 0 unspecified atom stereocenters. The van der Waals surface area contributed by atoms with E-state index in [9.17, 15) is 29.7 Å². The molecule has 3 aromatic rings. The van der Waals surface area contributed by atoms with E-state index in [-0.39, 0.29) is 28.7 Å². The molecule has 0 saturated heterocycles. The topological polar surface area (TPSA) is 166 Å². The molecule has 10 heteroatoms. The highest BCUT2D eigenvalue weighted by Crippen LogP contribution is 2.66. The SMILES string of the molecule is COc1cc(OCc2ccccc2)c2c(O)c3c(c4c2c1[C@]1(C4)C(C)=CCCC1(C)C)[C@@H](OC)[C@H]1CC(=O)C(C(N)=O)=C(O)[C@@]1(O)C3=O. The Kier molecular flexibility index (Phi) is 7.09. The molecule has 1 amide bonds. The van der Waals surface area contributed by atoms with Crippen molar-refractivity contribution in [2.24, 2.45) is 17.1 Å². The number of carbonyl (C=O) groups excluding carboxylic acids is 3. The Balaban J connectivity index is 1.60. The number of phenols is 1. The minimum absolute atomic E-state index is 0.147. The zero-order chi connectivity index (χ0) is 34.5. The number of nitrogens with two attached hydrogens (primary N) is 1. The number of ketones is 2. The minimum Gasteiger partial charge on any atom is -0.508 e. The number of phenolic OH excluding ortho intramolecular Hbond substituents is 1. The van der Waals surface area contributed by atoms with Crippen molar-refractivity contribution in [3.05, 3.63) is 87.2 Å². The summed E-state index contributed by atoms with van der Waals surface area (Å²) in [6, 6.07) is 11.2. The maximum atomic E-state index is 14.6. The Morgan fingerprint density at radius 3 is 2.40 bits per heavy atom. The first-order chi connectivity index (χ1) is 22.8. The highest BCUT2D eigenvalue weighted by Gasteiger charge is 2.64. The molecular formula is C38H39NO9.